The van der Waals surface area contributed by atoms with Gasteiger partial charge in [-0.15, -0.1) is 0 Å². The summed E-state index contributed by atoms with van der Waals surface area (Å²) >= 11 is 0. The Balaban J connectivity index is 2.80. The molecular weight excluding hydrogens is 212 g/mol. The van der Waals surface area contributed by atoms with Gasteiger partial charge in [0.2, 0.25) is 6.29 Å². The number of carboxylic acids is 1. The molecular formula is C11H9O5. The van der Waals surface area contributed by atoms with Gasteiger partial charge in [0, 0.05) is 0 Å². The van der Waals surface area contributed by atoms with E-state index in [9.17, 15) is 14.4 Å². The second-order valence-corrected chi connectivity index (χ2v) is 3.04. The fourth-order valence-corrected chi connectivity index (χ4v) is 1.20. The van der Waals surface area contributed by atoms with Crippen molar-refractivity contribution < 1.29 is 24.2 Å². The number of carboxylic acid groups (broad SMARTS) is 1. The quantitative estimate of drug-likeness (QED) is 0.563. The van der Waals surface area contributed by atoms with Gasteiger partial charge in [-0.25, -0.2) is 0 Å². The Bertz CT molecular complexity index is 382. The fraction of sp³-hybridized carbons (Fsp3) is 0.182. The van der Waals surface area contributed by atoms with Crippen LogP contribution in [0.25, 0.3) is 0 Å². The number of hydrogen-bond acceptors (Lipinski definition) is 4. The molecule has 0 heterocycles. The molecule has 0 amide bonds. The molecule has 1 aromatic rings. The van der Waals surface area contributed by atoms with Crippen LogP contribution in [0.15, 0.2) is 24.3 Å². The number of benzene rings is 1. The van der Waals surface area contributed by atoms with Crippen LogP contribution in [0.1, 0.15) is 17.0 Å². The highest BCUT2D eigenvalue weighted by Gasteiger charge is 2.19. The summed E-state index contributed by atoms with van der Waals surface area (Å²) in [5.74, 6) is -2.52. The van der Waals surface area contributed by atoms with Crippen LogP contribution in [0, 0.1) is 0 Å². The maximum atomic E-state index is 10.7. The van der Waals surface area contributed by atoms with E-state index in [2.05, 4.69) is 4.74 Å². The molecule has 1 N–H and O–H groups in total. The second kappa shape index (κ2) is 5.65. The molecule has 5 heteroatoms. The third-order valence-corrected chi connectivity index (χ3v) is 2.00. The maximum absolute atomic E-state index is 10.7. The van der Waals surface area contributed by atoms with E-state index in [1.54, 1.807) is 12.1 Å². The minimum atomic E-state index is -1.28. The van der Waals surface area contributed by atoms with Crippen molar-refractivity contribution in [2.45, 2.75) is 12.5 Å². The van der Waals surface area contributed by atoms with Crippen molar-refractivity contribution in [3.8, 4) is 0 Å². The van der Waals surface area contributed by atoms with Gasteiger partial charge in [-0.1, -0.05) is 24.3 Å². The Morgan fingerprint density at radius 2 is 2.06 bits per heavy atom. The van der Waals surface area contributed by atoms with Crippen molar-refractivity contribution in [3.05, 3.63) is 35.4 Å². The summed E-state index contributed by atoms with van der Waals surface area (Å²) in [6.07, 6.45) is 1.44. The molecule has 0 aliphatic carbocycles. The average Bonchev–Trinajstić information content (AvgIpc) is 2.28. The van der Waals surface area contributed by atoms with Crippen LogP contribution in [-0.2, 0) is 25.7 Å². The molecule has 0 aromatic heterocycles. The molecule has 1 radical (unpaired) electrons. The lowest BCUT2D eigenvalue weighted by Crippen LogP contribution is -2.12. The largest absolute Gasteiger partial charge is 0.480 e. The summed E-state index contributed by atoms with van der Waals surface area (Å²) < 4.78 is 4.52. The lowest BCUT2D eigenvalue weighted by molar-refractivity contribution is -0.137. The Morgan fingerprint density at radius 3 is 2.50 bits per heavy atom. The smallest absolute Gasteiger partial charge is 0.319 e. The number of hydrogen-bond donors (Lipinski definition) is 1. The van der Waals surface area contributed by atoms with Gasteiger partial charge in [0.1, 0.15) is 12.5 Å². The van der Waals surface area contributed by atoms with Crippen molar-refractivity contribution in [1.29, 1.82) is 0 Å². The Morgan fingerprint density at radius 1 is 1.44 bits per heavy atom. The first kappa shape index (κ1) is 11.9. The van der Waals surface area contributed by atoms with Gasteiger partial charge in [-0.3, -0.25) is 14.4 Å². The minimum Gasteiger partial charge on any atom is -0.480 e. The van der Waals surface area contributed by atoms with Gasteiger partial charge >= 0.3 is 5.97 Å². The zero-order chi connectivity index (χ0) is 12.0. The van der Waals surface area contributed by atoms with E-state index in [1.165, 1.54) is 18.4 Å². The fourth-order valence-electron chi connectivity index (χ4n) is 1.20. The summed E-state index contributed by atoms with van der Waals surface area (Å²) in [5, 5.41) is 8.70. The highest BCUT2D eigenvalue weighted by atomic mass is 16.5. The van der Waals surface area contributed by atoms with Crippen LogP contribution in [-0.4, -0.2) is 23.8 Å². The molecule has 16 heavy (non-hydrogen) atoms. The van der Waals surface area contributed by atoms with E-state index in [0.29, 0.717) is 17.6 Å². The van der Waals surface area contributed by atoms with E-state index in [1.807, 2.05) is 0 Å². The van der Waals surface area contributed by atoms with Gasteiger partial charge in [-0.2, -0.15) is 0 Å². The summed E-state index contributed by atoms with van der Waals surface area (Å²) in [7, 11) is 0. The van der Waals surface area contributed by atoms with E-state index in [-0.39, 0.29) is 6.61 Å². The topological polar surface area (TPSA) is 80.7 Å². The van der Waals surface area contributed by atoms with Gasteiger partial charge in [0.15, 0.2) is 0 Å². The average molecular weight is 221 g/mol. The predicted molar refractivity (Wildman–Crippen MR) is 53.4 cm³/mol. The van der Waals surface area contributed by atoms with Crippen molar-refractivity contribution in [2.24, 2.45) is 0 Å². The first-order chi connectivity index (χ1) is 7.69. The molecule has 0 spiro atoms. The maximum Gasteiger partial charge on any atom is 0.319 e. The highest BCUT2D eigenvalue weighted by Crippen LogP contribution is 2.15. The molecule has 1 atom stereocenters. The predicted octanol–water partition coefficient (Wildman–Crippen LogP) is 0.637. The summed E-state index contributed by atoms with van der Waals surface area (Å²) in [5.41, 5.74) is 1.06. The second-order valence-electron chi connectivity index (χ2n) is 3.04. The number of ether oxygens (including phenoxy) is 1. The molecule has 1 aromatic carbocycles. The third kappa shape index (κ3) is 2.91. The van der Waals surface area contributed by atoms with E-state index < -0.39 is 11.9 Å². The summed E-state index contributed by atoms with van der Waals surface area (Å²) in [4.78, 5) is 31.0. The van der Waals surface area contributed by atoms with Crippen LogP contribution >= 0.6 is 0 Å². The van der Waals surface area contributed by atoms with Crippen LogP contribution in [0.2, 0.25) is 0 Å². The first-order valence-electron chi connectivity index (χ1n) is 4.43. The molecule has 0 fully saturated rings. The number of carbonyl (C=O) groups excluding carboxylic acids is 2. The molecule has 0 bridgehead atoms. The van der Waals surface area contributed by atoms with Crippen LogP contribution in [0.3, 0.4) is 0 Å². The van der Waals surface area contributed by atoms with Crippen LogP contribution in [0.4, 0.5) is 0 Å². The van der Waals surface area contributed by atoms with Gasteiger partial charge in [0.25, 0.3) is 6.47 Å². The van der Waals surface area contributed by atoms with Crippen molar-refractivity contribution in [3.63, 3.8) is 0 Å². The number of carbonyl (C=O) groups is 2. The number of rotatable bonds is 6. The molecule has 83 valence electrons. The Hall–Kier alpha value is -2.17. The Labute approximate surface area is 91.6 Å². The molecule has 1 rings (SSSR count). The minimum absolute atomic E-state index is 0.117. The normalized spacial score (nSPS) is 11.5. The highest BCUT2D eigenvalue weighted by molar-refractivity contribution is 5.93. The molecule has 1 unspecified atom stereocenters. The molecule has 0 aliphatic heterocycles. The van der Waals surface area contributed by atoms with Crippen molar-refractivity contribution in [2.75, 3.05) is 0 Å². The lowest BCUT2D eigenvalue weighted by atomic mass is 10.00. The van der Waals surface area contributed by atoms with Crippen LogP contribution < -0.4 is 0 Å². The monoisotopic (exact) mass is 221 g/mol. The van der Waals surface area contributed by atoms with Crippen molar-refractivity contribution in [1.82, 2.24) is 0 Å². The summed E-state index contributed by atoms with van der Waals surface area (Å²) in [6, 6.07) is 6.17. The SMILES string of the molecule is O=[C]C(C(=O)O)c1ccc(COC=O)cc1. The van der Waals surface area contributed by atoms with Crippen LogP contribution in [0.5, 0.6) is 0 Å². The molecule has 0 saturated carbocycles. The van der Waals surface area contributed by atoms with E-state index in [0.717, 1.165) is 0 Å². The zero-order valence-electron chi connectivity index (χ0n) is 8.25. The van der Waals surface area contributed by atoms with E-state index >= 15 is 0 Å². The molecule has 0 aliphatic rings. The molecule has 5 nitrogen and oxygen atoms in total. The summed E-state index contributed by atoms with van der Waals surface area (Å²) in [6.45, 7) is 0.444. The zero-order valence-corrected chi connectivity index (χ0v) is 8.25. The Kier molecular flexibility index (Phi) is 4.20. The first-order valence-corrected chi connectivity index (χ1v) is 4.43. The van der Waals surface area contributed by atoms with Crippen molar-refractivity contribution >= 4 is 18.7 Å². The number of aliphatic carboxylic acids is 1. The van der Waals surface area contributed by atoms with Gasteiger partial charge in [-0.05, 0) is 11.1 Å². The lowest BCUT2D eigenvalue weighted by Gasteiger charge is -2.05. The standard InChI is InChI=1S/C11H9O5/c12-5-10(11(14)15)9-3-1-8(2-4-9)6-16-7-13/h1-4,7,10H,6H2,(H,14,15). The van der Waals surface area contributed by atoms with E-state index in [4.69, 9.17) is 5.11 Å². The molecule has 0 saturated heterocycles. The van der Waals surface area contributed by atoms with Gasteiger partial charge < -0.3 is 9.84 Å². The third-order valence-electron chi connectivity index (χ3n) is 2.00. The van der Waals surface area contributed by atoms with Gasteiger partial charge in [0.05, 0.1) is 0 Å².